The molecule has 2 aliphatic rings. The van der Waals surface area contributed by atoms with E-state index in [-0.39, 0.29) is 24.2 Å². The smallest absolute Gasteiger partial charge is 0.255 e. The second-order valence-electron chi connectivity index (χ2n) is 10.2. The molecule has 3 rings (SSSR count). The molecule has 2 heterocycles. The van der Waals surface area contributed by atoms with Crippen molar-refractivity contribution in [1.29, 1.82) is 0 Å². The highest BCUT2D eigenvalue weighted by Crippen LogP contribution is 2.30. The Kier molecular flexibility index (Phi) is 7.97. The first kappa shape index (κ1) is 24.0. The summed E-state index contributed by atoms with van der Waals surface area (Å²) in [5.74, 6) is 0.242. The van der Waals surface area contributed by atoms with Crippen molar-refractivity contribution in [3.8, 4) is 5.75 Å². The molecule has 2 atom stereocenters. The third-order valence-electron chi connectivity index (χ3n) is 6.62. The molecule has 0 saturated carbocycles. The molecule has 2 saturated heterocycles. The standard InChI is InChI=1S/C24H40N4O3/c1-24(2,3)19-5-6-22(31-17-23(25)30)18(15-19)16-27-9-7-20(21(29)8-10-27)28-13-11-26(4)12-14-28/h5-6,15,20-21,29H,7-14,16-17H2,1-4H3,(H2,25,30)/t20-,21-/m0/s1. The lowest BCUT2D eigenvalue weighted by Crippen LogP contribution is -2.52. The maximum Gasteiger partial charge on any atom is 0.255 e. The Morgan fingerprint density at radius 1 is 1.13 bits per heavy atom. The zero-order valence-corrected chi connectivity index (χ0v) is 19.6. The maximum absolute atomic E-state index is 11.2. The zero-order valence-electron chi connectivity index (χ0n) is 19.6. The molecule has 1 aromatic rings. The number of piperazine rings is 1. The Morgan fingerprint density at radius 2 is 1.81 bits per heavy atom. The van der Waals surface area contributed by atoms with Gasteiger partial charge in [-0.15, -0.1) is 0 Å². The number of likely N-dealkylation sites (N-methyl/N-ethyl adjacent to an activating group) is 1. The summed E-state index contributed by atoms with van der Waals surface area (Å²) in [5, 5.41) is 10.8. The van der Waals surface area contributed by atoms with Gasteiger partial charge in [-0.2, -0.15) is 0 Å². The quantitative estimate of drug-likeness (QED) is 0.708. The first-order chi connectivity index (χ1) is 14.6. The minimum atomic E-state index is -0.473. The van der Waals surface area contributed by atoms with Crippen LogP contribution in [0.4, 0.5) is 0 Å². The number of carbonyl (C=O) groups is 1. The van der Waals surface area contributed by atoms with Gasteiger partial charge in [0.15, 0.2) is 6.61 Å². The number of rotatable bonds is 6. The van der Waals surface area contributed by atoms with Crippen LogP contribution in [0.1, 0.15) is 44.7 Å². The minimum absolute atomic E-state index is 0.0263. The van der Waals surface area contributed by atoms with Crippen LogP contribution in [-0.4, -0.2) is 90.8 Å². The third-order valence-corrected chi connectivity index (χ3v) is 6.62. The molecule has 7 heteroatoms. The van der Waals surface area contributed by atoms with E-state index in [0.717, 1.165) is 64.2 Å². The number of likely N-dealkylation sites (tertiary alicyclic amines) is 1. The van der Waals surface area contributed by atoms with Crippen LogP contribution in [0.3, 0.4) is 0 Å². The summed E-state index contributed by atoms with van der Waals surface area (Å²) in [4.78, 5) is 18.5. The van der Waals surface area contributed by atoms with E-state index >= 15 is 0 Å². The van der Waals surface area contributed by atoms with Crippen LogP contribution < -0.4 is 10.5 Å². The van der Waals surface area contributed by atoms with Gasteiger partial charge in [-0.1, -0.05) is 32.9 Å². The number of amides is 1. The molecule has 0 aliphatic carbocycles. The number of benzene rings is 1. The van der Waals surface area contributed by atoms with E-state index in [1.54, 1.807) is 0 Å². The lowest BCUT2D eigenvalue weighted by atomic mass is 9.86. The average molecular weight is 433 g/mol. The number of primary amides is 1. The van der Waals surface area contributed by atoms with E-state index < -0.39 is 5.91 Å². The summed E-state index contributed by atoms with van der Waals surface area (Å²) in [6.45, 7) is 13.2. The predicted molar refractivity (Wildman–Crippen MR) is 123 cm³/mol. The minimum Gasteiger partial charge on any atom is -0.483 e. The summed E-state index contributed by atoms with van der Waals surface area (Å²) < 4.78 is 5.72. The molecule has 2 fully saturated rings. The fourth-order valence-electron chi connectivity index (χ4n) is 4.56. The number of aliphatic hydroxyl groups excluding tert-OH is 1. The van der Waals surface area contributed by atoms with Crippen molar-refractivity contribution in [2.24, 2.45) is 5.73 Å². The normalized spacial score (nSPS) is 24.7. The van der Waals surface area contributed by atoms with Crippen molar-refractivity contribution in [2.45, 2.75) is 57.7 Å². The van der Waals surface area contributed by atoms with Crippen molar-refractivity contribution in [3.05, 3.63) is 29.3 Å². The fraction of sp³-hybridized carbons (Fsp3) is 0.708. The van der Waals surface area contributed by atoms with E-state index in [1.807, 2.05) is 6.07 Å². The number of aliphatic hydroxyl groups is 1. The molecule has 0 aromatic heterocycles. The first-order valence-electron chi connectivity index (χ1n) is 11.5. The van der Waals surface area contributed by atoms with E-state index in [0.29, 0.717) is 5.75 Å². The van der Waals surface area contributed by atoms with Gasteiger partial charge in [0.25, 0.3) is 5.91 Å². The molecule has 2 aliphatic heterocycles. The highest BCUT2D eigenvalue weighted by Gasteiger charge is 2.31. The monoisotopic (exact) mass is 432 g/mol. The van der Waals surface area contributed by atoms with E-state index in [4.69, 9.17) is 10.5 Å². The molecule has 174 valence electrons. The topological polar surface area (TPSA) is 82.3 Å². The molecule has 1 amide bonds. The second kappa shape index (κ2) is 10.3. The number of hydrogen-bond donors (Lipinski definition) is 2. The first-order valence-corrected chi connectivity index (χ1v) is 11.5. The molecule has 3 N–H and O–H groups in total. The maximum atomic E-state index is 11.2. The van der Waals surface area contributed by atoms with Crippen LogP contribution in [0.5, 0.6) is 5.75 Å². The molecular formula is C24H40N4O3. The lowest BCUT2D eigenvalue weighted by Gasteiger charge is -2.39. The van der Waals surface area contributed by atoms with Crippen molar-refractivity contribution >= 4 is 5.91 Å². The van der Waals surface area contributed by atoms with Gasteiger partial charge in [0.05, 0.1) is 6.10 Å². The summed E-state index contributed by atoms with van der Waals surface area (Å²) in [7, 11) is 2.16. The van der Waals surface area contributed by atoms with Gasteiger partial charge in [0.1, 0.15) is 5.75 Å². The van der Waals surface area contributed by atoms with Crippen LogP contribution >= 0.6 is 0 Å². The molecule has 1 aromatic carbocycles. The number of carbonyl (C=O) groups excluding carboxylic acids is 1. The number of hydrogen-bond acceptors (Lipinski definition) is 6. The van der Waals surface area contributed by atoms with Crippen molar-refractivity contribution in [2.75, 3.05) is 52.9 Å². The van der Waals surface area contributed by atoms with Crippen LogP contribution in [0.2, 0.25) is 0 Å². The van der Waals surface area contributed by atoms with Crippen LogP contribution in [0.15, 0.2) is 18.2 Å². The highest BCUT2D eigenvalue weighted by atomic mass is 16.5. The largest absolute Gasteiger partial charge is 0.483 e. The molecule has 0 radical (unpaired) electrons. The highest BCUT2D eigenvalue weighted by molar-refractivity contribution is 5.75. The fourth-order valence-corrected chi connectivity index (χ4v) is 4.56. The van der Waals surface area contributed by atoms with E-state index in [9.17, 15) is 9.90 Å². The molecular weight excluding hydrogens is 392 g/mol. The van der Waals surface area contributed by atoms with Gasteiger partial charge in [-0.3, -0.25) is 14.6 Å². The summed E-state index contributed by atoms with van der Waals surface area (Å²) >= 11 is 0. The number of ether oxygens (including phenoxy) is 1. The van der Waals surface area contributed by atoms with Crippen molar-refractivity contribution < 1.29 is 14.6 Å². The Morgan fingerprint density at radius 3 is 2.45 bits per heavy atom. The summed E-state index contributed by atoms with van der Waals surface area (Å²) in [6, 6.07) is 6.44. The van der Waals surface area contributed by atoms with Gasteiger partial charge in [-0.25, -0.2) is 0 Å². The second-order valence-corrected chi connectivity index (χ2v) is 10.2. The molecule has 31 heavy (non-hydrogen) atoms. The third kappa shape index (κ3) is 6.65. The predicted octanol–water partition coefficient (Wildman–Crippen LogP) is 1.42. The van der Waals surface area contributed by atoms with Gasteiger partial charge in [0.2, 0.25) is 0 Å². The van der Waals surface area contributed by atoms with Crippen molar-refractivity contribution in [3.63, 3.8) is 0 Å². The van der Waals surface area contributed by atoms with Gasteiger partial charge < -0.3 is 20.5 Å². The molecule has 0 bridgehead atoms. The Labute approximate surface area is 187 Å². The van der Waals surface area contributed by atoms with Gasteiger partial charge >= 0.3 is 0 Å². The zero-order chi connectivity index (χ0) is 22.6. The van der Waals surface area contributed by atoms with Crippen LogP contribution in [0.25, 0.3) is 0 Å². The van der Waals surface area contributed by atoms with Crippen molar-refractivity contribution in [1.82, 2.24) is 14.7 Å². The molecule has 0 unspecified atom stereocenters. The van der Waals surface area contributed by atoms with E-state index in [1.165, 1.54) is 5.56 Å². The lowest BCUT2D eigenvalue weighted by molar-refractivity contribution is -0.119. The van der Waals surface area contributed by atoms with Crippen LogP contribution in [-0.2, 0) is 16.8 Å². The molecule has 0 spiro atoms. The molecule has 7 nitrogen and oxygen atoms in total. The number of nitrogens with two attached hydrogens (primary N) is 1. The van der Waals surface area contributed by atoms with Gasteiger partial charge in [0, 0.05) is 57.4 Å². The summed E-state index contributed by atoms with van der Waals surface area (Å²) in [5.41, 5.74) is 7.63. The Balaban J connectivity index is 1.71. The Hall–Kier alpha value is -1.67. The Bertz CT molecular complexity index is 741. The van der Waals surface area contributed by atoms with E-state index in [2.05, 4.69) is 54.7 Å². The van der Waals surface area contributed by atoms with Gasteiger partial charge in [-0.05, 0) is 36.9 Å². The number of nitrogens with zero attached hydrogens (tertiary/aromatic N) is 3. The average Bonchev–Trinajstić information content (AvgIpc) is 2.88. The van der Waals surface area contributed by atoms with Crippen LogP contribution in [0, 0.1) is 0 Å². The summed E-state index contributed by atoms with van der Waals surface area (Å²) in [6.07, 6.45) is 1.44. The SMILES string of the molecule is CN1CCN([C@H]2CCN(Cc3cc(C(C)(C)C)ccc3OCC(N)=O)CC[C@@H]2O)CC1.